The van der Waals surface area contributed by atoms with Crippen LogP contribution in [0, 0.1) is 12.8 Å². The minimum absolute atomic E-state index is 0.0856. The van der Waals surface area contributed by atoms with E-state index in [1.165, 1.54) is 4.90 Å². The number of amides is 2. The number of hydrazine groups is 1. The lowest BCUT2D eigenvalue weighted by Gasteiger charge is -2.29. The van der Waals surface area contributed by atoms with Gasteiger partial charge in [-0.3, -0.25) is 9.59 Å². The van der Waals surface area contributed by atoms with Crippen LogP contribution in [0.25, 0.3) is 0 Å². The first kappa shape index (κ1) is 17.1. The van der Waals surface area contributed by atoms with E-state index in [9.17, 15) is 9.59 Å². The van der Waals surface area contributed by atoms with Gasteiger partial charge in [-0.15, -0.1) is 0 Å². The van der Waals surface area contributed by atoms with Gasteiger partial charge < -0.3 is 0 Å². The second-order valence-electron chi connectivity index (χ2n) is 7.49. The van der Waals surface area contributed by atoms with Crippen molar-refractivity contribution in [1.29, 1.82) is 0 Å². The van der Waals surface area contributed by atoms with Crippen LogP contribution >= 0.6 is 15.9 Å². The van der Waals surface area contributed by atoms with Gasteiger partial charge in [-0.1, -0.05) is 45.8 Å². The highest BCUT2D eigenvalue weighted by atomic mass is 79.9. The van der Waals surface area contributed by atoms with Crippen LogP contribution in [0.3, 0.4) is 0 Å². The first-order chi connectivity index (χ1) is 13.1. The van der Waals surface area contributed by atoms with Crippen LogP contribution in [-0.4, -0.2) is 41.0 Å². The van der Waals surface area contributed by atoms with Gasteiger partial charge in [-0.2, -0.15) is 0 Å². The minimum atomic E-state index is -0.394. The minimum Gasteiger partial charge on any atom is -0.274 e. The van der Waals surface area contributed by atoms with Gasteiger partial charge >= 0.3 is 0 Å². The van der Waals surface area contributed by atoms with Gasteiger partial charge in [0.05, 0.1) is 17.6 Å². The average Bonchev–Trinajstić information content (AvgIpc) is 3.30. The number of hydrogen-bond donors (Lipinski definition) is 0. The summed E-state index contributed by atoms with van der Waals surface area (Å²) >= 11 is 3.48. The molecule has 0 unspecified atom stereocenters. The molecule has 0 N–H and O–H groups in total. The molecule has 0 radical (unpaired) electrons. The fraction of sp³-hybridized carbons (Fsp3) is 0.333. The van der Waals surface area contributed by atoms with Crippen molar-refractivity contribution >= 4 is 33.4 Å². The van der Waals surface area contributed by atoms with Crippen LogP contribution in [0.15, 0.2) is 53.0 Å². The Kier molecular flexibility index (Phi) is 3.96. The molecule has 2 aromatic rings. The van der Waals surface area contributed by atoms with Crippen molar-refractivity contribution in [3.8, 4) is 0 Å². The van der Waals surface area contributed by atoms with Crippen LogP contribution in [0.2, 0.25) is 0 Å². The lowest BCUT2D eigenvalue weighted by Crippen LogP contribution is -2.44. The zero-order valence-corrected chi connectivity index (χ0v) is 16.6. The van der Waals surface area contributed by atoms with E-state index < -0.39 is 6.04 Å². The third kappa shape index (κ3) is 2.51. The maximum Gasteiger partial charge on any atom is 0.253 e. The van der Waals surface area contributed by atoms with Crippen molar-refractivity contribution in [2.45, 2.75) is 25.4 Å². The van der Waals surface area contributed by atoms with E-state index >= 15 is 0 Å². The number of nitrogens with zero attached hydrogens (tertiary/aromatic N) is 3. The molecule has 6 heteroatoms. The summed E-state index contributed by atoms with van der Waals surface area (Å²) in [4.78, 5) is 28.1. The summed E-state index contributed by atoms with van der Waals surface area (Å²) < 4.78 is 1.01. The van der Waals surface area contributed by atoms with Crippen molar-refractivity contribution < 1.29 is 9.59 Å². The molecular formula is C21H20BrN3O2. The number of carbonyl (C=O) groups excluding carboxylic acids is 2. The van der Waals surface area contributed by atoms with Gasteiger partial charge in [0, 0.05) is 17.6 Å². The third-order valence-electron chi connectivity index (χ3n) is 5.91. The molecule has 3 heterocycles. The number of anilines is 1. The third-order valence-corrected chi connectivity index (χ3v) is 6.44. The maximum atomic E-state index is 13.4. The number of hydrogen-bond acceptors (Lipinski definition) is 4. The topological polar surface area (TPSA) is 43.9 Å². The van der Waals surface area contributed by atoms with Crippen LogP contribution in [0.1, 0.15) is 23.6 Å². The van der Waals surface area contributed by atoms with Crippen LogP contribution in [0.4, 0.5) is 5.69 Å². The van der Waals surface area contributed by atoms with E-state index in [4.69, 9.17) is 0 Å². The van der Waals surface area contributed by atoms with E-state index in [0.717, 1.165) is 35.1 Å². The lowest BCUT2D eigenvalue weighted by atomic mass is 9.90. The number of halogens is 1. The maximum absolute atomic E-state index is 13.4. The Morgan fingerprint density at radius 3 is 2.15 bits per heavy atom. The van der Waals surface area contributed by atoms with Gasteiger partial charge in [0.15, 0.2) is 0 Å². The average molecular weight is 426 g/mol. The number of rotatable bonds is 2. The molecule has 3 atom stereocenters. The SMILES string of the molecule is Cc1ccc(N2C(=O)[C@@H]3[C@@H](C2=O)N2CCCN2[C@H]3c2ccc(Br)cc2)cc1. The molecule has 5 rings (SSSR count). The van der Waals surface area contributed by atoms with Crippen LogP contribution in [-0.2, 0) is 9.59 Å². The van der Waals surface area contributed by atoms with Crippen molar-refractivity contribution in [2.24, 2.45) is 5.92 Å². The molecule has 3 aliphatic heterocycles. The Morgan fingerprint density at radius 2 is 1.48 bits per heavy atom. The Labute approximate surface area is 166 Å². The Hall–Kier alpha value is -2.02. The fourth-order valence-electron chi connectivity index (χ4n) is 4.72. The first-order valence-corrected chi connectivity index (χ1v) is 10.1. The smallest absolute Gasteiger partial charge is 0.253 e. The summed E-state index contributed by atoms with van der Waals surface area (Å²) in [6.07, 6.45) is 1.02. The molecule has 2 aromatic carbocycles. The molecule has 0 aliphatic carbocycles. The predicted molar refractivity (Wildman–Crippen MR) is 106 cm³/mol. The number of carbonyl (C=O) groups is 2. The highest BCUT2D eigenvalue weighted by Crippen LogP contribution is 2.48. The van der Waals surface area contributed by atoms with Crippen LogP contribution in [0.5, 0.6) is 0 Å². The molecule has 3 aliphatic rings. The molecule has 27 heavy (non-hydrogen) atoms. The molecule has 0 saturated carbocycles. The molecule has 138 valence electrons. The zero-order valence-electron chi connectivity index (χ0n) is 15.0. The van der Waals surface area contributed by atoms with Crippen molar-refractivity contribution in [3.63, 3.8) is 0 Å². The van der Waals surface area contributed by atoms with E-state index in [0.29, 0.717) is 5.69 Å². The monoisotopic (exact) mass is 425 g/mol. The summed E-state index contributed by atoms with van der Waals surface area (Å²) in [7, 11) is 0. The fourth-order valence-corrected chi connectivity index (χ4v) is 4.99. The van der Waals surface area contributed by atoms with Crippen molar-refractivity contribution in [1.82, 2.24) is 10.0 Å². The predicted octanol–water partition coefficient (Wildman–Crippen LogP) is 3.29. The molecule has 2 amide bonds. The lowest BCUT2D eigenvalue weighted by molar-refractivity contribution is -0.126. The summed E-state index contributed by atoms with van der Waals surface area (Å²) in [6, 6.07) is 15.2. The Morgan fingerprint density at radius 1 is 0.852 bits per heavy atom. The summed E-state index contributed by atoms with van der Waals surface area (Å²) in [5, 5.41) is 4.37. The number of aryl methyl sites for hydroxylation is 1. The molecule has 3 fully saturated rings. The Balaban J connectivity index is 1.57. The number of imide groups is 1. The van der Waals surface area contributed by atoms with Gasteiger partial charge in [0.2, 0.25) is 5.91 Å². The second kappa shape index (κ2) is 6.26. The summed E-state index contributed by atoms with van der Waals surface area (Å²) in [6.45, 7) is 3.71. The summed E-state index contributed by atoms with van der Waals surface area (Å²) in [5.41, 5.74) is 2.87. The number of fused-ring (bicyclic) bond motifs is 3. The van der Waals surface area contributed by atoms with E-state index in [2.05, 4.69) is 38.1 Å². The quantitative estimate of drug-likeness (QED) is 0.692. The van der Waals surface area contributed by atoms with Gasteiger partial charge in [-0.25, -0.2) is 14.9 Å². The highest BCUT2D eigenvalue weighted by molar-refractivity contribution is 9.10. The highest BCUT2D eigenvalue weighted by Gasteiger charge is 2.62. The second-order valence-corrected chi connectivity index (χ2v) is 8.41. The molecule has 5 nitrogen and oxygen atoms in total. The van der Waals surface area contributed by atoms with Gasteiger partial charge in [-0.05, 0) is 43.2 Å². The van der Waals surface area contributed by atoms with Gasteiger partial charge in [0.25, 0.3) is 5.91 Å². The summed E-state index contributed by atoms with van der Waals surface area (Å²) in [5.74, 6) is -0.545. The van der Waals surface area contributed by atoms with Crippen molar-refractivity contribution in [3.05, 3.63) is 64.1 Å². The van der Waals surface area contributed by atoms with E-state index in [1.807, 2.05) is 43.3 Å². The van der Waals surface area contributed by atoms with E-state index in [-0.39, 0.29) is 23.8 Å². The molecule has 0 spiro atoms. The molecular weight excluding hydrogens is 406 g/mol. The largest absolute Gasteiger partial charge is 0.274 e. The van der Waals surface area contributed by atoms with Gasteiger partial charge in [0.1, 0.15) is 6.04 Å². The Bertz CT molecular complexity index is 912. The number of benzene rings is 2. The molecule has 0 aromatic heterocycles. The molecule has 3 saturated heterocycles. The van der Waals surface area contributed by atoms with Crippen molar-refractivity contribution in [2.75, 3.05) is 18.0 Å². The standard InChI is InChI=1S/C21H20BrN3O2/c1-13-3-9-16(10-4-13)25-20(26)17-18(14-5-7-15(22)8-6-14)23-11-2-12-24(23)19(17)21(25)27/h3-10,17-19H,2,11-12H2,1H3/t17-,18-,19-/m0/s1. The zero-order chi connectivity index (χ0) is 18.7. The van der Waals surface area contributed by atoms with Crippen LogP contribution < -0.4 is 4.90 Å². The van der Waals surface area contributed by atoms with E-state index in [1.54, 1.807) is 0 Å². The molecule has 0 bridgehead atoms. The first-order valence-electron chi connectivity index (χ1n) is 9.29. The normalized spacial score (nSPS) is 28.1.